The molecule has 1 aromatic carbocycles. The third-order valence-electron chi connectivity index (χ3n) is 4.25. The molecule has 4 N–H and O–H groups in total. The van der Waals surface area contributed by atoms with Gasteiger partial charge in [-0.1, -0.05) is 12.8 Å². The number of nitrogens with one attached hydrogen (secondary N) is 2. The summed E-state index contributed by atoms with van der Waals surface area (Å²) in [4.78, 5) is 23.0. The summed E-state index contributed by atoms with van der Waals surface area (Å²) >= 11 is 0. The van der Waals surface area contributed by atoms with Gasteiger partial charge in [0.05, 0.1) is 10.6 Å². The molecule has 132 valence electrons. The van der Waals surface area contributed by atoms with Gasteiger partial charge < -0.3 is 9.90 Å². The lowest BCUT2D eigenvalue weighted by Crippen LogP contribution is -2.37. The first-order valence-corrected chi connectivity index (χ1v) is 9.12. The van der Waals surface area contributed by atoms with E-state index in [4.69, 9.17) is 5.14 Å². The summed E-state index contributed by atoms with van der Waals surface area (Å²) in [6.07, 6.45) is 3.17. The minimum Gasteiger partial charge on any atom is -0.550 e. The van der Waals surface area contributed by atoms with Crippen LogP contribution in [0, 0.1) is 5.41 Å². The van der Waals surface area contributed by atoms with E-state index in [0.29, 0.717) is 18.5 Å². The highest BCUT2D eigenvalue weighted by atomic mass is 32.2. The Bertz CT molecular complexity index is 709. The van der Waals surface area contributed by atoms with Crippen molar-refractivity contribution in [1.29, 1.82) is 0 Å². The second-order valence-electron chi connectivity index (χ2n) is 6.18. The summed E-state index contributed by atoms with van der Waals surface area (Å²) in [6.45, 7) is 0. The Balaban J connectivity index is 1.91. The number of carbonyl (C=O) groups is 2. The smallest absolute Gasteiger partial charge is 0.238 e. The van der Waals surface area contributed by atoms with Crippen molar-refractivity contribution in [3.63, 3.8) is 0 Å². The molecule has 1 aliphatic rings. The number of sulfonamides is 1. The van der Waals surface area contributed by atoms with Crippen LogP contribution in [-0.2, 0) is 19.6 Å². The first kappa shape index (κ1) is 18.2. The molecule has 1 amide bonds. The van der Waals surface area contributed by atoms with Gasteiger partial charge in [0, 0.05) is 12.4 Å². The Morgan fingerprint density at radius 1 is 1.12 bits per heavy atom. The highest BCUT2D eigenvalue weighted by Gasteiger charge is 2.36. The standard InChI is InChI=1S/C15H21N3O5S/c16-24(22,23)12-5-3-11(4-6-12)17-18-13(19)9-15(10-14(20)21)7-1-2-8-15/h3-6,17H,1-2,7-10H2,(H,18,19)(H,20,21)(H2,16,22,23)/p-1. The predicted molar refractivity (Wildman–Crippen MR) is 84.7 cm³/mol. The molecule has 0 bridgehead atoms. The Kier molecular flexibility index (Phi) is 5.45. The van der Waals surface area contributed by atoms with E-state index >= 15 is 0 Å². The molecule has 9 heteroatoms. The molecule has 2 rings (SSSR count). The molecular weight excluding hydrogens is 334 g/mol. The van der Waals surface area contributed by atoms with Gasteiger partial charge in [-0.15, -0.1) is 0 Å². The van der Waals surface area contributed by atoms with E-state index in [1.807, 2.05) is 0 Å². The van der Waals surface area contributed by atoms with E-state index in [2.05, 4.69) is 10.9 Å². The van der Waals surface area contributed by atoms with Gasteiger partial charge in [-0.05, 0) is 48.9 Å². The maximum Gasteiger partial charge on any atom is 0.238 e. The van der Waals surface area contributed by atoms with E-state index in [0.717, 1.165) is 12.8 Å². The van der Waals surface area contributed by atoms with Crippen molar-refractivity contribution in [2.24, 2.45) is 10.6 Å². The van der Waals surface area contributed by atoms with Crippen LogP contribution in [-0.4, -0.2) is 20.3 Å². The normalized spacial score (nSPS) is 16.5. The van der Waals surface area contributed by atoms with E-state index in [9.17, 15) is 23.1 Å². The molecule has 24 heavy (non-hydrogen) atoms. The number of aliphatic carboxylic acids is 1. The van der Waals surface area contributed by atoms with Crippen molar-refractivity contribution >= 4 is 27.6 Å². The maximum absolute atomic E-state index is 12.1. The Hall–Kier alpha value is -2.13. The molecule has 1 aromatic rings. The van der Waals surface area contributed by atoms with E-state index in [-0.39, 0.29) is 23.6 Å². The number of benzene rings is 1. The quantitative estimate of drug-likeness (QED) is 0.582. The molecule has 1 aliphatic carbocycles. The predicted octanol–water partition coefficient (Wildman–Crippen LogP) is -0.132. The molecular formula is C15H20N3O5S-. The third kappa shape index (κ3) is 4.93. The Labute approximate surface area is 140 Å². The van der Waals surface area contributed by atoms with Gasteiger partial charge in [-0.25, -0.2) is 13.6 Å². The summed E-state index contributed by atoms with van der Waals surface area (Å²) in [5, 5.41) is 15.9. The fourth-order valence-corrected chi connectivity index (χ4v) is 3.62. The van der Waals surface area contributed by atoms with Crippen molar-refractivity contribution in [2.75, 3.05) is 5.43 Å². The monoisotopic (exact) mass is 354 g/mol. The van der Waals surface area contributed by atoms with Gasteiger partial charge in [-0.2, -0.15) is 0 Å². The molecule has 0 heterocycles. The second-order valence-corrected chi connectivity index (χ2v) is 7.74. The molecule has 0 aliphatic heterocycles. The van der Waals surface area contributed by atoms with Gasteiger partial charge in [0.1, 0.15) is 0 Å². The van der Waals surface area contributed by atoms with Crippen molar-refractivity contribution < 1.29 is 23.1 Å². The van der Waals surface area contributed by atoms with Gasteiger partial charge in [0.15, 0.2) is 0 Å². The van der Waals surface area contributed by atoms with Crippen molar-refractivity contribution in [2.45, 2.75) is 43.4 Å². The summed E-state index contributed by atoms with van der Waals surface area (Å²) in [6, 6.07) is 5.57. The SMILES string of the molecule is NS(=O)(=O)c1ccc(NNC(=O)CC2(CC(=O)[O-])CCCC2)cc1. The number of carboxylic acids is 1. The topological polar surface area (TPSA) is 141 Å². The van der Waals surface area contributed by atoms with Gasteiger partial charge in [0.2, 0.25) is 15.9 Å². The first-order valence-electron chi connectivity index (χ1n) is 7.58. The number of rotatable bonds is 7. The lowest BCUT2D eigenvalue weighted by atomic mass is 9.79. The first-order chi connectivity index (χ1) is 11.2. The fraction of sp³-hybridized carbons (Fsp3) is 0.467. The lowest BCUT2D eigenvalue weighted by molar-refractivity contribution is -0.308. The number of hydrogen-bond acceptors (Lipinski definition) is 6. The average Bonchev–Trinajstić information content (AvgIpc) is 2.91. The molecule has 0 spiro atoms. The van der Waals surface area contributed by atoms with Crippen LogP contribution < -0.4 is 21.1 Å². The summed E-state index contributed by atoms with van der Waals surface area (Å²) < 4.78 is 22.3. The number of carboxylic acid groups (broad SMARTS) is 1. The molecule has 0 aromatic heterocycles. The highest BCUT2D eigenvalue weighted by molar-refractivity contribution is 7.89. The molecule has 8 nitrogen and oxygen atoms in total. The van der Waals surface area contributed by atoms with E-state index in [1.54, 1.807) is 0 Å². The van der Waals surface area contributed by atoms with Crippen LogP contribution in [0.1, 0.15) is 38.5 Å². The molecule has 1 fully saturated rings. The van der Waals surface area contributed by atoms with Crippen LogP contribution in [0.15, 0.2) is 29.2 Å². The number of carbonyl (C=O) groups excluding carboxylic acids is 2. The number of nitrogens with two attached hydrogens (primary N) is 1. The zero-order valence-corrected chi connectivity index (χ0v) is 13.9. The Morgan fingerprint density at radius 2 is 1.71 bits per heavy atom. The molecule has 0 radical (unpaired) electrons. The molecule has 0 saturated heterocycles. The number of amides is 1. The number of hydrogen-bond donors (Lipinski definition) is 3. The van der Waals surface area contributed by atoms with Crippen LogP contribution in [0.3, 0.4) is 0 Å². The average molecular weight is 354 g/mol. The minimum atomic E-state index is -3.76. The maximum atomic E-state index is 12.1. The zero-order chi connectivity index (χ0) is 17.8. The van der Waals surface area contributed by atoms with Crippen molar-refractivity contribution in [1.82, 2.24) is 5.43 Å². The van der Waals surface area contributed by atoms with Crippen LogP contribution in [0.5, 0.6) is 0 Å². The van der Waals surface area contributed by atoms with Crippen LogP contribution in [0.2, 0.25) is 0 Å². The summed E-state index contributed by atoms with van der Waals surface area (Å²) in [7, 11) is -3.76. The minimum absolute atomic E-state index is 0.0294. The van der Waals surface area contributed by atoms with Crippen molar-refractivity contribution in [3.8, 4) is 0 Å². The second kappa shape index (κ2) is 7.18. The lowest BCUT2D eigenvalue weighted by Gasteiger charge is -2.28. The molecule has 0 unspecified atom stereocenters. The largest absolute Gasteiger partial charge is 0.550 e. The number of primary sulfonamides is 1. The number of anilines is 1. The molecule has 1 saturated carbocycles. The Morgan fingerprint density at radius 3 is 2.21 bits per heavy atom. The van der Waals surface area contributed by atoms with Gasteiger partial charge in [0.25, 0.3) is 0 Å². The number of hydrazine groups is 1. The van der Waals surface area contributed by atoms with Crippen LogP contribution in [0.4, 0.5) is 5.69 Å². The van der Waals surface area contributed by atoms with E-state index < -0.39 is 21.4 Å². The zero-order valence-electron chi connectivity index (χ0n) is 13.1. The fourth-order valence-electron chi connectivity index (χ4n) is 3.10. The summed E-state index contributed by atoms with van der Waals surface area (Å²) in [5.74, 6) is -1.47. The molecule has 0 atom stereocenters. The van der Waals surface area contributed by atoms with Crippen molar-refractivity contribution in [3.05, 3.63) is 24.3 Å². The third-order valence-corrected chi connectivity index (χ3v) is 5.18. The van der Waals surface area contributed by atoms with Crippen LogP contribution >= 0.6 is 0 Å². The highest BCUT2D eigenvalue weighted by Crippen LogP contribution is 2.43. The summed E-state index contributed by atoms with van der Waals surface area (Å²) in [5.41, 5.74) is 5.11. The van der Waals surface area contributed by atoms with Crippen LogP contribution in [0.25, 0.3) is 0 Å². The van der Waals surface area contributed by atoms with E-state index in [1.165, 1.54) is 24.3 Å². The van der Waals surface area contributed by atoms with Gasteiger partial charge in [-0.3, -0.25) is 15.6 Å². The van der Waals surface area contributed by atoms with Gasteiger partial charge >= 0.3 is 0 Å².